The number of likely N-dealkylation sites (tertiary alicyclic amines) is 1. The van der Waals surface area contributed by atoms with Gasteiger partial charge in [0, 0.05) is 12.6 Å². The molecule has 0 amide bonds. The lowest BCUT2D eigenvalue weighted by atomic mass is 10.00. The van der Waals surface area contributed by atoms with Gasteiger partial charge in [0.15, 0.2) is 0 Å². The fourth-order valence-corrected chi connectivity index (χ4v) is 2.38. The van der Waals surface area contributed by atoms with Gasteiger partial charge in [-0.25, -0.2) is 0 Å². The summed E-state index contributed by atoms with van der Waals surface area (Å²) < 4.78 is 5.26. The van der Waals surface area contributed by atoms with Gasteiger partial charge in [0.25, 0.3) is 0 Å². The largest absolute Gasteiger partial charge is 0.394 e. The average molecular weight is 244 g/mol. The quantitative estimate of drug-likeness (QED) is 0.641. The average Bonchev–Trinajstić information content (AvgIpc) is 2.34. The standard InChI is InChI=1S/C13H28N2O2/c1-14(9-11-17-12-10-16)8-6-13-5-3-4-7-15(13)2/h13,16H,3-12H2,1-2H3. The number of hydrogen-bond acceptors (Lipinski definition) is 4. The second-order valence-corrected chi connectivity index (χ2v) is 5.06. The van der Waals surface area contributed by atoms with Crippen molar-refractivity contribution in [3.63, 3.8) is 0 Å². The van der Waals surface area contributed by atoms with Crippen LogP contribution in [0.25, 0.3) is 0 Å². The predicted molar refractivity (Wildman–Crippen MR) is 70.3 cm³/mol. The van der Waals surface area contributed by atoms with E-state index in [9.17, 15) is 0 Å². The highest BCUT2D eigenvalue weighted by atomic mass is 16.5. The van der Waals surface area contributed by atoms with E-state index < -0.39 is 0 Å². The van der Waals surface area contributed by atoms with Gasteiger partial charge in [0.2, 0.25) is 0 Å². The topological polar surface area (TPSA) is 35.9 Å². The summed E-state index contributed by atoms with van der Waals surface area (Å²) in [5.41, 5.74) is 0. The predicted octanol–water partition coefficient (Wildman–Crippen LogP) is 0.802. The van der Waals surface area contributed by atoms with Crippen LogP contribution in [0.4, 0.5) is 0 Å². The van der Waals surface area contributed by atoms with Crippen LogP contribution in [0.15, 0.2) is 0 Å². The molecule has 0 aliphatic carbocycles. The Morgan fingerprint density at radius 3 is 2.82 bits per heavy atom. The van der Waals surface area contributed by atoms with E-state index in [2.05, 4.69) is 23.9 Å². The van der Waals surface area contributed by atoms with Crippen LogP contribution in [0, 0.1) is 0 Å². The minimum absolute atomic E-state index is 0.122. The van der Waals surface area contributed by atoms with E-state index >= 15 is 0 Å². The molecule has 102 valence electrons. The molecule has 0 saturated carbocycles. The van der Waals surface area contributed by atoms with Crippen molar-refractivity contribution in [2.45, 2.75) is 31.7 Å². The lowest BCUT2D eigenvalue weighted by Crippen LogP contribution is -2.38. The van der Waals surface area contributed by atoms with E-state index in [4.69, 9.17) is 9.84 Å². The van der Waals surface area contributed by atoms with Gasteiger partial charge < -0.3 is 19.6 Å². The maximum absolute atomic E-state index is 8.59. The molecule has 1 saturated heterocycles. The first-order valence-electron chi connectivity index (χ1n) is 6.81. The first-order chi connectivity index (χ1) is 8.24. The maximum atomic E-state index is 8.59. The van der Waals surface area contributed by atoms with Crippen molar-refractivity contribution >= 4 is 0 Å². The Bertz CT molecular complexity index is 190. The van der Waals surface area contributed by atoms with Crippen LogP contribution in [0.2, 0.25) is 0 Å². The fraction of sp³-hybridized carbons (Fsp3) is 1.00. The molecular weight excluding hydrogens is 216 g/mol. The van der Waals surface area contributed by atoms with Crippen LogP contribution < -0.4 is 0 Å². The van der Waals surface area contributed by atoms with Gasteiger partial charge in [-0.05, 0) is 46.4 Å². The van der Waals surface area contributed by atoms with Crippen molar-refractivity contribution in [2.75, 3.05) is 53.6 Å². The Morgan fingerprint density at radius 2 is 2.12 bits per heavy atom. The Kier molecular flexibility index (Phi) is 7.77. The molecule has 1 heterocycles. The second-order valence-electron chi connectivity index (χ2n) is 5.06. The summed E-state index contributed by atoms with van der Waals surface area (Å²) >= 11 is 0. The number of piperidine rings is 1. The van der Waals surface area contributed by atoms with Gasteiger partial charge in [0.05, 0.1) is 19.8 Å². The number of likely N-dealkylation sites (N-methyl/N-ethyl adjacent to an activating group) is 1. The smallest absolute Gasteiger partial charge is 0.0698 e. The summed E-state index contributed by atoms with van der Waals surface area (Å²) in [5, 5.41) is 8.59. The van der Waals surface area contributed by atoms with Crippen molar-refractivity contribution in [2.24, 2.45) is 0 Å². The third-order valence-corrected chi connectivity index (χ3v) is 3.62. The van der Waals surface area contributed by atoms with Crippen molar-refractivity contribution in [1.29, 1.82) is 0 Å². The van der Waals surface area contributed by atoms with Gasteiger partial charge >= 0.3 is 0 Å². The van der Waals surface area contributed by atoms with Crippen LogP contribution in [-0.2, 0) is 4.74 Å². The molecule has 1 aliphatic heterocycles. The molecule has 0 bridgehead atoms. The van der Waals surface area contributed by atoms with Gasteiger partial charge in [-0.15, -0.1) is 0 Å². The summed E-state index contributed by atoms with van der Waals surface area (Å²) in [6.07, 6.45) is 5.36. The zero-order valence-corrected chi connectivity index (χ0v) is 11.4. The third kappa shape index (κ3) is 6.36. The summed E-state index contributed by atoms with van der Waals surface area (Å²) in [6, 6.07) is 0.768. The van der Waals surface area contributed by atoms with Crippen LogP contribution in [0.1, 0.15) is 25.7 Å². The van der Waals surface area contributed by atoms with Crippen LogP contribution >= 0.6 is 0 Å². The highest BCUT2D eigenvalue weighted by Crippen LogP contribution is 2.17. The summed E-state index contributed by atoms with van der Waals surface area (Å²) in [7, 11) is 4.39. The van der Waals surface area contributed by atoms with Crippen LogP contribution in [0.3, 0.4) is 0 Å². The molecule has 1 N–H and O–H groups in total. The third-order valence-electron chi connectivity index (χ3n) is 3.62. The van der Waals surface area contributed by atoms with E-state index in [-0.39, 0.29) is 6.61 Å². The molecule has 4 heteroatoms. The number of rotatable bonds is 8. The summed E-state index contributed by atoms with van der Waals surface area (Å²) in [4.78, 5) is 4.82. The fourth-order valence-electron chi connectivity index (χ4n) is 2.38. The number of aliphatic hydroxyl groups excluding tert-OH is 1. The molecule has 17 heavy (non-hydrogen) atoms. The highest BCUT2D eigenvalue weighted by Gasteiger charge is 2.18. The SMILES string of the molecule is CN(CCOCCO)CCC1CCCCN1C. The lowest BCUT2D eigenvalue weighted by Gasteiger charge is -2.33. The molecule has 0 radical (unpaired) electrons. The number of hydrogen-bond donors (Lipinski definition) is 1. The van der Waals surface area contributed by atoms with E-state index in [1.165, 1.54) is 32.2 Å². The van der Waals surface area contributed by atoms with E-state index in [0.29, 0.717) is 6.61 Å². The lowest BCUT2D eigenvalue weighted by molar-refractivity contribution is 0.0755. The number of ether oxygens (including phenoxy) is 1. The van der Waals surface area contributed by atoms with Crippen molar-refractivity contribution in [3.05, 3.63) is 0 Å². The van der Waals surface area contributed by atoms with Crippen molar-refractivity contribution in [3.8, 4) is 0 Å². The maximum Gasteiger partial charge on any atom is 0.0698 e. The Balaban J connectivity index is 2.03. The molecule has 1 atom stereocenters. The second kappa shape index (κ2) is 8.86. The number of aliphatic hydroxyl groups is 1. The van der Waals surface area contributed by atoms with Gasteiger partial charge in [-0.2, -0.15) is 0 Å². The van der Waals surface area contributed by atoms with Gasteiger partial charge in [-0.3, -0.25) is 0 Å². The minimum atomic E-state index is 0.122. The minimum Gasteiger partial charge on any atom is -0.394 e. The van der Waals surface area contributed by atoms with E-state index in [1.54, 1.807) is 0 Å². The first kappa shape index (κ1) is 14.9. The zero-order valence-electron chi connectivity index (χ0n) is 11.4. The van der Waals surface area contributed by atoms with E-state index in [0.717, 1.165) is 25.7 Å². The molecule has 1 unspecified atom stereocenters. The van der Waals surface area contributed by atoms with Gasteiger partial charge in [0.1, 0.15) is 0 Å². The first-order valence-corrected chi connectivity index (χ1v) is 6.81. The normalized spacial score (nSPS) is 22.2. The molecule has 0 aromatic carbocycles. The van der Waals surface area contributed by atoms with Gasteiger partial charge in [-0.1, -0.05) is 6.42 Å². The van der Waals surface area contributed by atoms with Crippen molar-refractivity contribution in [1.82, 2.24) is 9.80 Å². The molecule has 1 rings (SSSR count). The molecule has 0 aromatic rings. The van der Waals surface area contributed by atoms with Crippen LogP contribution in [0.5, 0.6) is 0 Å². The molecule has 4 nitrogen and oxygen atoms in total. The molecule has 1 fully saturated rings. The van der Waals surface area contributed by atoms with E-state index in [1.807, 2.05) is 0 Å². The zero-order chi connectivity index (χ0) is 12.5. The van der Waals surface area contributed by atoms with Crippen molar-refractivity contribution < 1.29 is 9.84 Å². The Morgan fingerprint density at radius 1 is 1.29 bits per heavy atom. The summed E-state index contributed by atoms with van der Waals surface area (Å²) in [6.45, 7) is 4.65. The molecular formula is C13H28N2O2. The molecule has 1 aliphatic rings. The Labute approximate surface area is 106 Å². The van der Waals surface area contributed by atoms with Crippen LogP contribution in [-0.4, -0.2) is 74.5 Å². The summed E-state index contributed by atoms with van der Waals surface area (Å²) in [5.74, 6) is 0. The molecule has 0 spiro atoms. The molecule has 0 aromatic heterocycles. The highest BCUT2D eigenvalue weighted by molar-refractivity contribution is 4.75. The Hall–Kier alpha value is -0.160. The monoisotopic (exact) mass is 244 g/mol. The number of nitrogens with zero attached hydrogens (tertiary/aromatic N) is 2.